The molecule has 0 unspecified atom stereocenters. The molecule has 0 saturated carbocycles. The van der Waals surface area contributed by atoms with Gasteiger partial charge in [0.15, 0.2) is 11.5 Å². The summed E-state index contributed by atoms with van der Waals surface area (Å²) >= 11 is 5.89. The van der Waals surface area contributed by atoms with E-state index in [0.29, 0.717) is 23.1 Å². The minimum absolute atomic E-state index is 0.187. The molecular formula is C20H15ClN4O2. The van der Waals surface area contributed by atoms with E-state index in [-0.39, 0.29) is 11.6 Å². The number of aromatic nitrogens is 3. The molecule has 6 nitrogen and oxygen atoms in total. The first-order valence-electron chi connectivity index (χ1n) is 8.29. The number of nitrogens with zero attached hydrogens (tertiary/aromatic N) is 3. The van der Waals surface area contributed by atoms with E-state index in [1.807, 2.05) is 30.3 Å². The van der Waals surface area contributed by atoms with Crippen LogP contribution in [0.3, 0.4) is 0 Å². The van der Waals surface area contributed by atoms with Crippen LogP contribution in [0, 0.1) is 0 Å². The van der Waals surface area contributed by atoms with E-state index < -0.39 is 0 Å². The smallest absolute Gasteiger partial charge is 0.279 e. The lowest BCUT2D eigenvalue weighted by Crippen LogP contribution is -2.16. The van der Waals surface area contributed by atoms with Crippen molar-refractivity contribution in [1.29, 1.82) is 0 Å². The maximum absolute atomic E-state index is 12.5. The SMILES string of the molecule is O=C(Nc1ccnn1Cc1ccccc1)c1cc(-c2ccc(Cl)cc2)on1. The van der Waals surface area contributed by atoms with Crippen molar-refractivity contribution in [2.45, 2.75) is 6.54 Å². The van der Waals surface area contributed by atoms with Crippen LogP contribution in [-0.2, 0) is 6.54 Å². The molecule has 0 saturated heterocycles. The maximum Gasteiger partial charge on any atom is 0.279 e. The summed E-state index contributed by atoms with van der Waals surface area (Å²) in [5.41, 5.74) is 2.07. The van der Waals surface area contributed by atoms with Crippen molar-refractivity contribution in [2.75, 3.05) is 5.32 Å². The second kappa shape index (κ2) is 7.47. The van der Waals surface area contributed by atoms with Crippen LogP contribution in [0.15, 0.2) is 77.4 Å². The topological polar surface area (TPSA) is 73.0 Å². The van der Waals surface area contributed by atoms with E-state index in [1.165, 1.54) is 0 Å². The molecule has 0 bridgehead atoms. The Kier molecular flexibility index (Phi) is 4.72. The zero-order valence-electron chi connectivity index (χ0n) is 14.2. The van der Waals surface area contributed by atoms with Crippen molar-refractivity contribution in [1.82, 2.24) is 14.9 Å². The van der Waals surface area contributed by atoms with Gasteiger partial charge in [-0.1, -0.05) is 47.1 Å². The first kappa shape index (κ1) is 17.1. The van der Waals surface area contributed by atoms with Crippen molar-refractivity contribution < 1.29 is 9.32 Å². The Morgan fingerprint density at radius 2 is 1.85 bits per heavy atom. The van der Waals surface area contributed by atoms with Crippen LogP contribution in [0.2, 0.25) is 5.02 Å². The number of benzene rings is 2. The number of halogens is 1. The van der Waals surface area contributed by atoms with Crippen molar-refractivity contribution in [3.05, 3.63) is 89.2 Å². The minimum atomic E-state index is -0.367. The van der Waals surface area contributed by atoms with Crippen LogP contribution in [0.5, 0.6) is 0 Å². The summed E-state index contributed by atoms with van der Waals surface area (Å²) < 4.78 is 7.00. The molecular weight excluding hydrogens is 364 g/mol. The summed E-state index contributed by atoms with van der Waals surface area (Å²) in [7, 11) is 0. The predicted molar refractivity (Wildman–Crippen MR) is 103 cm³/mol. The van der Waals surface area contributed by atoms with Crippen molar-refractivity contribution in [3.63, 3.8) is 0 Å². The van der Waals surface area contributed by atoms with Gasteiger partial charge in [0.25, 0.3) is 5.91 Å². The van der Waals surface area contributed by atoms with Gasteiger partial charge in [-0.25, -0.2) is 4.68 Å². The molecule has 2 heterocycles. The van der Waals surface area contributed by atoms with E-state index in [4.69, 9.17) is 16.1 Å². The average Bonchev–Trinajstić information content (AvgIpc) is 3.33. The first-order valence-corrected chi connectivity index (χ1v) is 8.66. The molecule has 1 N–H and O–H groups in total. The number of amides is 1. The lowest BCUT2D eigenvalue weighted by molar-refractivity contribution is 0.101. The van der Waals surface area contributed by atoms with Gasteiger partial charge in [-0.3, -0.25) is 4.79 Å². The van der Waals surface area contributed by atoms with Crippen LogP contribution >= 0.6 is 11.6 Å². The minimum Gasteiger partial charge on any atom is -0.355 e. The molecule has 0 aliphatic heterocycles. The molecule has 0 fully saturated rings. The number of hydrogen-bond acceptors (Lipinski definition) is 4. The van der Waals surface area contributed by atoms with Crippen LogP contribution in [0.25, 0.3) is 11.3 Å². The third kappa shape index (κ3) is 3.91. The zero-order chi connectivity index (χ0) is 18.6. The van der Waals surface area contributed by atoms with Crippen molar-refractivity contribution in [2.24, 2.45) is 0 Å². The molecule has 1 amide bonds. The highest BCUT2D eigenvalue weighted by Crippen LogP contribution is 2.22. The normalized spacial score (nSPS) is 10.7. The summed E-state index contributed by atoms with van der Waals surface area (Å²) in [6.45, 7) is 0.554. The molecule has 4 rings (SSSR count). The molecule has 134 valence electrons. The third-order valence-electron chi connectivity index (χ3n) is 4.00. The monoisotopic (exact) mass is 378 g/mol. The highest BCUT2D eigenvalue weighted by atomic mass is 35.5. The number of nitrogens with one attached hydrogen (secondary N) is 1. The number of carbonyl (C=O) groups excluding carboxylic acids is 1. The van der Waals surface area contributed by atoms with Crippen LogP contribution < -0.4 is 5.32 Å². The fraction of sp³-hybridized carbons (Fsp3) is 0.0500. The van der Waals surface area contributed by atoms with Gasteiger partial charge in [-0.05, 0) is 29.8 Å². The molecule has 2 aromatic carbocycles. The summed E-state index contributed by atoms with van der Waals surface area (Å²) in [5, 5.41) is 11.6. The summed E-state index contributed by atoms with van der Waals surface area (Å²) in [5.74, 6) is 0.711. The number of hydrogen-bond donors (Lipinski definition) is 1. The van der Waals surface area contributed by atoms with Gasteiger partial charge in [0.1, 0.15) is 5.82 Å². The summed E-state index contributed by atoms with van der Waals surface area (Å²) in [6.07, 6.45) is 1.64. The Balaban J connectivity index is 1.49. The van der Waals surface area contributed by atoms with Crippen LogP contribution in [0.4, 0.5) is 5.82 Å². The van der Waals surface area contributed by atoms with E-state index in [2.05, 4.69) is 15.6 Å². The summed E-state index contributed by atoms with van der Waals surface area (Å²) in [6, 6.07) is 20.3. The Bertz CT molecular complexity index is 1060. The number of carbonyl (C=O) groups is 1. The Labute approximate surface area is 160 Å². The molecule has 0 atom stereocenters. The van der Waals surface area contributed by atoms with Crippen LogP contribution in [0.1, 0.15) is 16.1 Å². The van der Waals surface area contributed by atoms with E-state index in [0.717, 1.165) is 11.1 Å². The number of rotatable bonds is 5. The van der Waals surface area contributed by atoms with Gasteiger partial charge < -0.3 is 9.84 Å². The van der Waals surface area contributed by atoms with E-state index >= 15 is 0 Å². The fourth-order valence-electron chi connectivity index (χ4n) is 2.63. The van der Waals surface area contributed by atoms with Crippen LogP contribution in [-0.4, -0.2) is 20.8 Å². The van der Waals surface area contributed by atoms with Gasteiger partial charge in [0.2, 0.25) is 0 Å². The zero-order valence-corrected chi connectivity index (χ0v) is 14.9. The second-order valence-electron chi connectivity index (χ2n) is 5.90. The number of anilines is 1. The molecule has 0 aliphatic carbocycles. The first-order chi connectivity index (χ1) is 13.2. The molecule has 2 aromatic heterocycles. The largest absolute Gasteiger partial charge is 0.355 e. The fourth-order valence-corrected chi connectivity index (χ4v) is 2.76. The Morgan fingerprint density at radius 3 is 2.63 bits per heavy atom. The van der Waals surface area contributed by atoms with Gasteiger partial charge in [0.05, 0.1) is 12.7 Å². The summed E-state index contributed by atoms with van der Waals surface area (Å²) in [4.78, 5) is 12.5. The van der Waals surface area contributed by atoms with Crippen molar-refractivity contribution >= 4 is 23.3 Å². The molecule has 0 aliphatic rings. The van der Waals surface area contributed by atoms with E-state index in [9.17, 15) is 4.79 Å². The van der Waals surface area contributed by atoms with E-state index in [1.54, 1.807) is 47.3 Å². The molecule has 4 aromatic rings. The lowest BCUT2D eigenvalue weighted by Gasteiger charge is -2.08. The molecule has 0 spiro atoms. The van der Waals surface area contributed by atoms with Crippen molar-refractivity contribution in [3.8, 4) is 11.3 Å². The highest BCUT2D eigenvalue weighted by Gasteiger charge is 2.16. The maximum atomic E-state index is 12.5. The molecule has 27 heavy (non-hydrogen) atoms. The Morgan fingerprint density at radius 1 is 1.07 bits per heavy atom. The van der Waals surface area contributed by atoms with Gasteiger partial charge in [-0.15, -0.1) is 0 Å². The standard InChI is InChI=1S/C20H15ClN4O2/c21-16-8-6-15(7-9-16)18-12-17(24-27-18)20(26)23-19-10-11-22-25(19)13-14-4-2-1-3-5-14/h1-12H,13H2,(H,23,26). The predicted octanol–water partition coefficient (Wildman–Crippen LogP) is 4.49. The third-order valence-corrected chi connectivity index (χ3v) is 4.26. The highest BCUT2D eigenvalue weighted by molar-refractivity contribution is 6.30. The quantitative estimate of drug-likeness (QED) is 0.555. The molecule has 7 heteroatoms. The molecule has 0 radical (unpaired) electrons. The van der Waals surface area contributed by atoms with Gasteiger partial charge in [0, 0.05) is 22.7 Å². The second-order valence-corrected chi connectivity index (χ2v) is 6.33. The average molecular weight is 379 g/mol. The lowest BCUT2D eigenvalue weighted by atomic mass is 10.1. The van der Waals surface area contributed by atoms with Gasteiger partial charge in [-0.2, -0.15) is 5.10 Å². The Hall–Kier alpha value is -3.38. The van der Waals surface area contributed by atoms with Gasteiger partial charge >= 0.3 is 0 Å².